The fraction of sp³-hybridized carbons (Fsp3) is 0.579. The zero-order valence-corrected chi connectivity index (χ0v) is 17.6. The molecular formula is C19H30Cl2N4O3. The third kappa shape index (κ3) is 5.73. The lowest BCUT2D eigenvalue weighted by Gasteiger charge is -2.37. The van der Waals surface area contributed by atoms with Crippen LogP contribution in [0, 0.1) is 5.41 Å². The van der Waals surface area contributed by atoms with E-state index in [4.69, 9.17) is 10.5 Å². The van der Waals surface area contributed by atoms with Crippen LogP contribution in [0.25, 0.3) is 0 Å². The number of para-hydroxylation sites is 1. The van der Waals surface area contributed by atoms with Gasteiger partial charge in [0.05, 0.1) is 12.0 Å². The molecule has 1 aromatic carbocycles. The maximum absolute atomic E-state index is 12.5. The second-order valence-electron chi connectivity index (χ2n) is 6.98. The second kappa shape index (κ2) is 11.5. The Bertz CT molecular complexity index is 619. The molecule has 3 rings (SSSR count). The minimum atomic E-state index is -0.593. The molecule has 0 atom stereocenters. The number of ether oxygens (including phenoxy) is 1. The quantitative estimate of drug-likeness (QED) is 0.725. The number of hydrogen-bond acceptors (Lipinski definition) is 5. The number of benzene rings is 1. The SMILES string of the molecule is Cl.Cl.NCC1(C(=O)NCC(=O)N2CCN(c3ccccc3)CC2)CCOCC1. The molecule has 2 aliphatic rings. The van der Waals surface area contributed by atoms with Crippen molar-refractivity contribution < 1.29 is 14.3 Å². The van der Waals surface area contributed by atoms with E-state index in [0.717, 1.165) is 13.1 Å². The Morgan fingerprint density at radius 1 is 1.04 bits per heavy atom. The van der Waals surface area contributed by atoms with Crippen molar-refractivity contribution in [1.82, 2.24) is 10.2 Å². The fourth-order valence-corrected chi connectivity index (χ4v) is 3.59. The third-order valence-electron chi connectivity index (χ3n) is 5.48. The molecule has 0 saturated carbocycles. The maximum atomic E-state index is 12.5. The summed E-state index contributed by atoms with van der Waals surface area (Å²) in [7, 11) is 0. The first-order chi connectivity index (χ1) is 12.6. The molecule has 0 radical (unpaired) electrons. The normalized spacial score (nSPS) is 18.5. The second-order valence-corrected chi connectivity index (χ2v) is 6.98. The van der Waals surface area contributed by atoms with Gasteiger partial charge >= 0.3 is 0 Å². The predicted molar refractivity (Wildman–Crippen MR) is 114 cm³/mol. The minimum Gasteiger partial charge on any atom is -0.381 e. The van der Waals surface area contributed by atoms with E-state index in [9.17, 15) is 9.59 Å². The number of hydrogen-bond donors (Lipinski definition) is 2. The zero-order chi connectivity index (χ0) is 18.4. The molecule has 0 bridgehead atoms. The van der Waals surface area contributed by atoms with Gasteiger partial charge in [-0.05, 0) is 25.0 Å². The number of piperazine rings is 1. The highest BCUT2D eigenvalue weighted by atomic mass is 35.5. The lowest BCUT2D eigenvalue weighted by atomic mass is 9.79. The molecular weight excluding hydrogens is 403 g/mol. The van der Waals surface area contributed by atoms with Gasteiger partial charge < -0.3 is 25.6 Å². The van der Waals surface area contributed by atoms with Crippen molar-refractivity contribution in [3.05, 3.63) is 30.3 Å². The van der Waals surface area contributed by atoms with Gasteiger partial charge in [0.1, 0.15) is 0 Å². The molecule has 0 spiro atoms. The van der Waals surface area contributed by atoms with Crippen LogP contribution in [0.4, 0.5) is 5.69 Å². The summed E-state index contributed by atoms with van der Waals surface area (Å²) in [4.78, 5) is 29.1. The number of anilines is 1. The Kier molecular flexibility index (Phi) is 10.0. The monoisotopic (exact) mass is 432 g/mol. The van der Waals surface area contributed by atoms with Crippen molar-refractivity contribution in [2.75, 3.05) is 57.4 Å². The number of nitrogens with one attached hydrogen (secondary N) is 1. The van der Waals surface area contributed by atoms with E-state index in [2.05, 4.69) is 22.3 Å². The Labute approximate surface area is 178 Å². The third-order valence-corrected chi connectivity index (χ3v) is 5.48. The topological polar surface area (TPSA) is 87.9 Å². The lowest BCUT2D eigenvalue weighted by molar-refractivity contribution is -0.139. The summed E-state index contributed by atoms with van der Waals surface area (Å²) in [5.41, 5.74) is 6.43. The smallest absolute Gasteiger partial charge is 0.242 e. The van der Waals surface area contributed by atoms with Crippen LogP contribution in [0.3, 0.4) is 0 Å². The van der Waals surface area contributed by atoms with Crippen LogP contribution >= 0.6 is 24.8 Å². The summed E-state index contributed by atoms with van der Waals surface area (Å²) < 4.78 is 5.33. The Balaban J connectivity index is 0.00000196. The van der Waals surface area contributed by atoms with E-state index in [-0.39, 0.29) is 49.7 Å². The van der Waals surface area contributed by atoms with Crippen LogP contribution in [0.2, 0.25) is 0 Å². The summed E-state index contributed by atoms with van der Waals surface area (Å²) in [6.07, 6.45) is 1.22. The van der Waals surface area contributed by atoms with Crippen LogP contribution in [-0.4, -0.2) is 69.2 Å². The largest absolute Gasteiger partial charge is 0.381 e. The number of carbonyl (C=O) groups excluding carboxylic acids is 2. The summed E-state index contributed by atoms with van der Waals surface area (Å²) in [5, 5.41) is 2.80. The van der Waals surface area contributed by atoms with Crippen LogP contribution < -0.4 is 16.0 Å². The van der Waals surface area contributed by atoms with E-state index in [1.54, 1.807) is 0 Å². The zero-order valence-electron chi connectivity index (χ0n) is 16.0. The molecule has 0 aliphatic carbocycles. The highest BCUT2D eigenvalue weighted by Crippen LogP contribution is 2.29. The van der Waals surface area contributed by atoms with Gasteiger partial charge in [-0.1, -0.05) is 18.2 Å². The van der Waals surface area contributed by atoms with Crippen LogP contribution in [0.1, 0.15) is 12.8 Å². The van der Waals surface area contributed by atoms with E-state index in [1.165, 1.54) is 5.69 Å². The van der Waals surface area contributed by atoms with Gasteiger partial charge in [-0.15, -0.1) is 24.8 Å². The predicted octanol–water partition coefficient (Wildman–Crippen LogP) is 1.05. The van der Waals surface area contributed by atoms with Crippen LogP contribution in [0.15, 0.2) is 30.3 Å². The average Bonchev–Trinajstić information content (AvgIpc) is 2.73. The summed E-state index contributed by atoms with van der Waals surface area (Å²) in [6, 6.07) is 10.2. The van der Waals surface area contributed by atoms with Crippen LogP contribution in [0.5, 0.6) is 0 Å². The number of halogens is 2. The summed E-state index contributed by atoms with van der Waals surface area (Å²) in [5.74, 6) is -0.162. The number of nitrogens with zero attached hydrogens (tertiary/aromatic N) is 2. The fourth-order valence-electron chi connectivity index (χ4n) is 3.59. The van der Waals surface area contributed by atoms with E-state index >= 15 is 0 Å². The van der Waals surface area contributed by atoms with Crippen molar-refractivity contribution >= 4 is 42.3 Å². The lowest BCUT2D eigenvalue weighted by Crippen LogP contribution is -2.54. The van der Waals surface area contributed by atoms with Gasteiger partial charge in [-0.2, -0.15) is 0 Å². The molecule has 158 valence electrons. The van der Waals surface area contributed by atoms with E-state index in [0.29, 0.717) is 39.1 Å². The van der Waals surface area contributed by atoms with Gasteiger partial charge in [0, 0.05) is 51.6 Å². The molecule has 7 nitrogen and oxygen atoms in total. The Hall–Kier alpha value is -1.54. The Morgan fingerprint density at radius 3 is 2.21 bits per heavy atom. The van der Waals surface area contributed by atoms with Gasteiger partial charge in [0.2, 0.25) is 11.8 Å². The van der Waals surface area contributed by atoms with Crippen molar-refractivity contribution in [3.63, 3.8) is 0 Å². The van der Waals surface area contributed by atoms with Gasteiger partial charge in [0.25, 0.3) is 0 Å². The molecule has 2 fully saturated rings. The number of nitrogens with two attached hydrogens (primary N) is 1. The van der Waals surface area contributed by atoms with E-state index < -0.39 is 5.41 Å². The summed E-state index contributed by atoms with van der Waals surface area (Å²) >= 11 is 0. The first-order valence-corrected chi connectivity index (χ1v) is 9.28. The highest BCUT2D eigenvalue weighted by Gasteiger charge is 2.39. The Morgan fingerprint density at radius 2 is 1.64 bits per heavy atom. The molecule has 2 aliphatic heterocycles. The molecule has 2 saturated heterocycles. The average molecular weight is 433 g/mol. The molecule has 0 aromatic heterocycles. The minimum absolute atomic E-state index is 0. The van der Waals surface area contributed by atoms with Gasteiger partial charge in [0.15, 0.2) is 0 Å². The van der Waals surface area contributed by atoms with Crippen molar-refractivity contribution in [1.29, 1.82) is 0 Å². The molecule has 9 heteroatoms. The van der Waals surface area contributed by atoms with Gasteiger partial charge in [-0.3, -0.25) is 9.59 Å². The molecule has 2 amide bonds. The van der Waals surface area contributed by atoms with Gasteiger partial charge in [-0.25, -0.2) is 0 Å². The first-order valence-electron chi connectivity index (χ1n) is 9.28. The number of amides is 2. The number of rotatable bonds is 5. The van der Waals surface area contributed by atoms with Crippen LogP contribution in [-0.2, 0) is 14.3 Å². The molecule has 1 aromatic rings. The summed E-state index contributed by atoms with van der Waals surface area (Å²) in [6.45, 7) is 4.33. The number of carbonyl (C=O) groups is 2. The molecule has 2 heterocycles. The van der Waals surface area contributed by atoms with Crippen molar-refractivity contribution in [3.8, 4) is 0 Å². The van der Waals surface area contributed by atoms with Crippen molar-refractivity contribution in [2.45, 2.75) is 12.8 Å². The highest BCUT2D eigenvalue weighted by molar-refractivity contribution is 5.88. The molecule has 3 N–H and O–H groups in total. The van der Waals surface area contributed by atoms with E-state index in [1.807, 2.05) is 23.1 Å². The van der Waals surface area contributed by atoms with Crippen molar-refractivity contribution in [2.24, 2.45) is 11.1 Å². The first kappa shape index (κ1) is 24.5. The molecule has 0 unspecified atom stereocenters. The molecule has 28 heavy (non-hydrogen) atoms. The standard InChI is InChI=1S/C19H28N4O3.2ClH/c20-15-19(6-12-26-13-7-19)18(25)21-14-17(24)23-10-8-22(9-11-23)16-4-2-1-3-5-16;;/h1-5H,6-15,20H2,(H,21,25);2*1H. The maximum Gasteiger partial charge on any atom is 0.242 e.